The minimum absolute atomic E-state index is 0.0872. The topological polar surface area (TPSA) is 35.5 Å². The van der Waals surface area contributed by atoms with Gasteiger partial charge in [-0.15, -0.1) is 0 Å². The van der Waals surface area contributed by atoms with Crippen LogP contribution in [0.15, 0.2) is 0 Å². The van der Waals surface area contributed by atoms with E-state index in [0.29, 0.717) is 17.6 Å². The molecule has 4 fully saturated rings. The van der Waals surface area contributed by atoms with Gasteiger partial charge in [-0.25, -0.2) is 0 Å². The van der Waals surface area contributed by atoms with Crippen LogP contribution in [0.3, 0.4) is 0 Å². The Bertz CT molecular complexity index is 440. The van der Waals surface area contributed by atoms with Gasteiger partial charge in [-0.05, 0) is 42.9 Å². The molecule has 0 aromatic carbocycles. The lowest BCUT2D eigenvalue weighted by molar-refractivity contribution is -0.230. The molecule has 3 aliphatic carbocycles. The maximum atomic E-state index is 12.6. The van der Waals surface area contributed by atoms with Gasteiger partial charge < -0.3 is 9.47 Å². The standard InChI is InChI=1S/C17H26O3/c1-15-7-8-17(19-9-10-20-17)11-13(15)4-3-12-5-6-14(18)16(12,15)2/h12-13H,3-11H2,1-2H3/t12?,13?,15-,16+/m0/s1. The van der Waals surface area contributed by atoms with E-state index in [4.69, 9.17) is 9.47 Å². The van der Waals surface area contributed by atoms with Gasteiger partial charge in [0.1, 0.15) is 5.78 Å². The molecule has 4 rings (SSSR count). The lowest BCUT2D eigenvalue weighted by Crippen LogP contribution is -2.57. The van der Waals surface area contributed by atoms with Crippen molar-refractivity contribution in [2.75, 3.05) is 13.2 Å². The average molecular weight is 278 g/mol. The summed E-state index contributed by atoms with van der Waals surface area (Å²) in [6, 6.07) is 0. The quantitative estimate of drug-likeness (QED) is 0.682. The SMILES string of the molecule is C[C@]12CCC3(CC1CCC1CCC(=O)[C@@]12C)OCCO3. The van der Waals surface area contributed by atoms with Crippen LogP contribution in [0.2, 0.25) is 0 Å². The van der Waals surface area contributed by atoms with E-state index < -0.39 is 0 Å². The van der Waals surface area contributed by atoms with Crippen molar-refractivity contribution in [3.63, 3.8) is 0 Å². The molecule has 3 saturated carbocycles. The summed E-state index contributed by atoms with van der Waals surface area (Å²) in [4.78, 5) is 12.6. The molecule has 1 aliphatic heterocycles. The van der Waals surface area contributed by atoms with Crippen molar-refractivity contribution in [2.45, 2.75) is 64.6 Å². The van der Waals surface area contributed by atoms with Crippen LogP contribution >= 0.6 is 0 Å². The molecule has 112 valence electrons. The summed E-state index contributed by atoms with van der Waals surface area (Å²) in [5.41, 5.74) is 0.0696. The average Bonchev–Trinajstić information content (AvgIpc) is 3.00. The van der Waals surface area contributed by atoms with E-state index in [1.807, 2.05) is 0 Å². The molecule has 4 aliphatic rings. The molecule has 1 saturated heterocycles. The van der Waals surface area contributed by atoms with Crippen LogP contribution in [0.25, 0.3) is 0 Å². The molecule has 0 aromatic rings. The fourth-order valence-corrected chi connectivity index (χ4v) is 5.92. The van der Waals surface area contributed by atoms with Gasteiger partial charge in [0.15, 0.2) is 5.79 Å². The molecule has 0 radical (unpaired) electrons. The van der Waals surface area contributed by atoms with Crippen molar-refractivity contribution in [1.29, 1.82) is 0 Å². The lowest BCUT2D eigenvalue weighted by Gasteiger charge is -2.59. The fourth-order valence-electron chi connectivity index (χ4n) is 5.92. The maximum absolute atomic E-state index is 12.6. The first kappa shape index (κ1) is 13.3. The number of ether oxygens (including phenoxy) is 2. The van der Waals surface area contributed by atoms with Gasteiger partial charge in [0.05, 0.1) is 13.2 Å². The third-order valence-electron chi connectivity index (χ3n) is 7.46. The van der Waals surface area contributed by atoms with E-state index >= 15 is 0 Å². The van der Waals surface area contributed by atoms with Gasteiger partial charge in [0, 0.05) is 24.7 Å². The number of carbonyl (C=O) groups excluding carboxylic acids is 1. The van der Waals surface area contributed by atoms with Crippen LogP contribution in [-0.2, 0) is 14.3 Å². The molecule has 0 bridgehead atoms. The molecule has 0 N–H and O–H groups in total. The number of fused-ring (bicyclic) bond motifs is 3. The van der Waals surface area contributed by atoms with Crippen LogP contribution in [0.1, 0.15) is 58.8 Å². The van der Waals surface area contributed by atoms with E-state index in [-0.39, 0.29) is 16.6 Å². The minimum Gasteiger partial charge on any atom is -0.348 e. The summed E-state index contributed by atoms with van der Waals surface area (Å²) in [6.07, 6.45) is 7.44. The zero-order valence-corrected chi connectivity index (χ0v) is 12.7. The minimum atomic E-state index is -0.310. The van der Waals surface area contributed by atoms with Crippen LogP contribution < -0.4 is 0 Å². The van der Waals surface area contributed by atoms with Gasteiger partial charge in [-0.3, -0.25) is 4.79 Å². The first-order valence-electron chi connectivity index (χ1n) is 8.31. The first-order chi connectivity index (χ1) is 9.50. The highest BCUT2D eigenvalue weighted by atomic mass is 16.7. The second-order valence-electron chi connectivity index (χ2n) is 7.86. The molecule has 3 nitrogen and oxygen atoms in total. The third-order valence-corrected chi connectivity index (χ3v) is 7.46. The van der Waals surface area contributed by atoms with E-state index in [2.05, 4.69) is 13.8 Å². The van der Waals surface area contributed by atoms with Crippen LogP contribution in [0.5, 0.6) is 0 Å². The number of Topliss-reactive ketones (excluding diaryl/α,β-unsaturated/α-hetero) is 1. The summed E-state index contributed by atoms with van der Waals surface area (Å²) in [5, 5.41) is 0. The number of hydrogen-bond donors (Lipinski definition) is 0. The summed E-state index contributed by atoms with van der Waals surface area (Å²) in [7, 11) is 0. The molecule has 1 spiro atoms. The van der Waals surface area contributed by atoms with Crippen molar-refractivity contribution in [3.8, 4) is 0 Å². The Morgan fingerprint density at radius 3 is 2.45 bits per heavy atom. The molecular formula is C17H26O3. The Balaban J connectivity index is 1.68. The first-order valence-corrected chi connectivity index (χ1v) is 8.31. The van der Waals surface area contributed by atoms with E-state index in [0.717, 1.165) is 45.3 Å². The smallest absolute Gasteiger partial charge is 0.168 e. The number of carbonyl (C=O) groups is 1. The van der Waals surface area contributed by atoms with Gasteiger partial charge in [0.2, 0.25) is 0 Å². The zero-order valence-electron chi connectivity index (χ0n) is 12.7. The Kier molecular flexibility index (Phi) is 2.70. The Labute approximate surface area is 121 Å². The molecular weight excluding hydrogens is 252 g/mol. The molecule has 1 heterocycles. The molecule has 20 heavy (non-hydrogen) atoms. The van der Waals surface area contributed by atoms with E-state index in [1.54, 1.807) is 0 Å². The third kappa shape index (κ3) is 1.46. The van der Waals surface area contributed by atoms with Crippen molar-refractivity contribution in [3.05, 3.63) is 0 Å². The van der Waals surface area contributed by atoms with Gasteiger partial charge in [0.25, 0.3) is 0 Å². The summed E-state index contributed by atoms with van der Waals surface area (Å²) >= 11 is 0. The predicted molar refractivity (Wildman–Crippen MR) is 75.2 cm³/mol. The second-order valence-corrected chi connectivity index (χ2v) is 7.86. The monoisotopic (exact) mass is 278 g/mol. The fraction of sp³-hybridized carbons (Fsp3) is 0.941. The maximum Gasteiger partial charge on any atom is 0.168 e. The zero-order chi connectivity index (χ0) is 14.0. The number of ketones is 1. The highest BCUT2D eigenvalue weighted by molar-refractivity contribution is 5.88. The summed E-state index contributed by atoms with van der Waals surface area (Å²) in [6.45, 7) is 6.13. The normalized spacial score (nSPS) is 50.2. The highest BCUT2D eigenvalue weighted by Crippen LogP contribution is 2.67. The molecule has 2 unspecified atom stereocenters. The Morgan fingerprint density at radius 2 is 1.70 bits per heavy atom. The Morgan fingerprint density at radius 1 is 1.00 bits per heavy atom. The van der Waals surface area contributed by atoms with E-state index in [1.165, 1.54) is 12.8 Å². The number of hydrogen-bond acceptors (Lipinski definition) is 3. The highest BCUT2D eigenvalue weighted by Gasteiger charge is 2.65. The molecule has 4 atom stereocenters. The van der Waals surface area contributed by atoms with Gasteiger partial charge >= 0.3 is 0 Å². The molecule has 0 aromatic heterocycles. The lowest BCUT2D eigenvalue weighted by atomic mass is 9.45. The van der Waals surface area contributed by atoms with Gasteiger partial charge in [-0.2, -0.15) is 0 Å². The van der Waals surface area contributed by atoms with E-state index in [9.17, 15) is 4.79 Å². The Hall–Kier alpha value is -0.410. The van der Waals surface area contributed by atoms with Crippen molar-refractivity contribution in [2.24, 2.45) is 22.7 Å². The van der Waals surface area contributed by atoms with Gasteiger partial charge in [-0.1, -0.05) is 13.8 Å². The van der Waals surface area contributed by atoms with Crippen LogP contribution in [-0.4, -0.2) is 24.8 Å². The van der Waals surface area contributed by atoms with Crippen LogP contribution in [0, 0.1) is 22.7 Å². The van der Waals surface area contributed by atoms with Crippen molar-refractivity contribution < 1.29 is 14.3 Å². The largest absolute Gasteiger partial charge is 0.348 e. The summed E-state index contributed by atoms with van der Waals surface area (Å²) in [5.74, 6) is 1.42. The second kappa shape index (κ2) is 4.07. The van der Waals surface area contributed by atoms with Crippen molar-refractivity contribution in [1.82, 2.24) is 0 Å². The predicted octanol–water partition coefficient (Wildman–Crippen LogP) is 3.32. The van der Waals surface area contributed by atoms with Crippen LogP contribution in [0.4, 0.5) is 0 Å². The molecule has 3 heteroatoms. The number of rotatable bonds is 0. The van der Waals surface area contributed by atoms with Crippen molar-refractivity contribution >= 4 is 5.78 Å². The summed E-state index contributed by atoms with van der Waals surface area (Å²) < 4.78 is 11.9. The molecule has 0 amide bonds.